The molecule has 0 aliphatic rings. The van der Waals surface area contributed by atoms with Gasteiger partial charge in [-0.25, -0.2) is 0 Å². The van der Waals surface area contributed by atoms with E-state index in [1.54, 1.807) is 24.3 Å². The van der Waals surface area contributed by atoms with Crippen molar-refractivity contribution in [2.45, 2.75) is 32.2 Å². The van der Waals surface area contributed by atoms with Crippen molar-refractivity contribution in [1.82, 2.24) is 0 Å². The Morgan fingerprint density at radius 1 is 1.24 bits per heavy atom. The van der Waals surface area contributed by atoms with Crippen LogP contribution in [0.2, 0.25) is 0 Å². The fourth-order valence-corrected chi connectivity index (χ4v) is 1.57. The summed E-state index contributed by atoms with van der Waals surface area (Å²) in [6, 6.07) is 6.98. The van der Waals surface area contributed by atoms with Crippen LogP contribution in [0.25, 0.3) is 0 Å². The molecule has 0 aliphatic carbocycles. The molecule has 1 aromatic carbocycles. The van der Waals surface area contributed by atoms with Crippen LogP contribution in [-0.2, 0) is 14.3 Å². The maximum atomic E-state index is 11.6. The van der Waals surface area contributed by atoms with Crippen molar-refractivity contribution >= 4 is 17.6 Å². The van der Waals surface area contributed by atoms with Gasteiger partial charge in [0.2, 0.25) is 5.91 Å². The fraction of sp³-hybridized carbons (Fsp3) is 0.467. The van der Waals surface area contributed by atoms with Crippen molar-refractivity contribution in [1.29, 1.82) is 0 Å². The first-order valence-corrected chi connectivity index (χ1v) is 6.86. The number of esters is 1. The Balaban J connectivity index is 2.36. The SMILES string of the molecule is COC(=O)CCOc1ccc(NC(=O)CCC(C)N)cc1. The first kappa shape index (κ1) is 17.0. The third-order valence-electron chi connectivity index (χ3n) is 2.77. The predicted molar refractivity (Wildman–Crippen MR) is 80.1 cm³/mol. The minimum Gasteiger partial charge on any atom is -0.493 e. The predicted octanol–water partition coefficient (Wildman–Crippen LogP) is 1.69. The lowest BCUT2D eigenvalue weighted by atomic mass is 10.2. The molecule has 0 saturated carbocycles. The molecule has 0 radical (unpaired) electrons. The average molecular weight is 294 g/mol. The summed E-state index contributed by atoms with van der Waals surface area (Å²) in [7, 11) is 1.34. The molecular formula is C15H22N2O4. The van der Waals surface area contributed by atoms with Gasteiger partial charge in [-0.15, -0.1) is 0 Å². The number of rotatable bonds is 8. The summed E-state index contributed by atoms with van der Waals surface area (Å²) in [5.74, 6) is 0.257. The summed E-state index contributed by atoms with van der Waals surface area (Å²) >= 11 is 0. The molecule has 0 aromatic heterocycles. The van der Waals surface area contributed by atoms with E-state index in [1.165, 1.54) is 7.11 Å². The van der Waals surface area contributed by atoms with E-state index < -0.39 is 0 Å². The summed E-state index contributed by atoms with van der Waals surface area (Å²) in [5.41, 5.74) is 6.30. The molecule has 1 aromatic rings. The van der Waals surface area contributed by atoms with Crippen LogP contribution in [0.4, 0.5) is 5.69 Å². The van der Waals surface area contributed by atoms with Gasteiger partial charge in [0.15, 0.2) is 0 Å². The molecule has 0 spiro atoms. The second-order valence-corrected chi connectivity index (χ2v) is 4.76. The molecule has 0 aliphatic heterocycles. The Morgan fingerprint density at radius 2 is 1.90 bits per heavy atom. The van der Waals surface area contributed by atoms with Crippen molar-refractivity contribution in [2.75, 3.05) is 19.0 Å². The van der Waals surface area contributed by atoms with E-state index in [9.17, 15) is 9.59 Å². The van der Waals surface area contributed by atoms with E-state index in [0.717, 1.165) is 0 Å². The van der Waals surface area contributed by atoms with Gasteiger partial charge in [0.05, 0.1) is 20.1 Å². The van der Waals surface area contributed by atoms with Crippen LogP contribution < -0.4 is 15.8 Å². The van der Waals surface area contributed by atoms with E-state index >= 15 is 0 Å². The third kappa shape index (κ3) is 7.31. The molecule has 6 heteroatoms. The van der Waals surface area contributed by atoms with E-state index in [2.05, 4.69) is 10.1 Å². The van der Waals surface area contributed by atoms with Gasteiger partial charge in [0, 0.05) is 18.2 Å². The molecule has 21 heavy (non-hydrogen) atoms. The maximum Gasteiger partial charge on any atom is 0.308 e. The van der Waals surface area contributed by atoms with Crippen molar-refractivity contribution in [3.05, 3.63) is 24.3 Å². The Hall–Kier alpha value is -2.08. The van der Waals surface area contributed by atoms with Gasteiger partial charge < -0.3 is 20.5 Å². The van der Waals surface area contributed by atoms with Crippen molar-refractivity contribution < 1.29 is 19.1 Å². The minimum absolute atomic E-state index is 0.0151. The molecule has 1 amide bonds. The number of methoxy groups -OCH3 is 1. The lowest BCUT2D eigenvalue weighted by Gasteiger charge is -2.09. The molecular weight excluding hydrogens is 272 g/mol. The largest absolute Gasteiger partial charge is 0.493 e. The van der Waals surface area contributed by atoms with Crippen molar-refractivity contribution in [2.24, 2.45) is 5.73 Å². The second-order valence-electron chi connectivity index (χ2n) is 4.76. The molecule has 1 atom stereocenters. The number of nitrogens with one attached hydrogen (secondary N) is 1. The molecule has 6 nitrogen and oxygen atoms in total. The van der Waals surface area contributed by atoms with Gasteiger partial charge in [-0.2, -0.15) is 0 Å². The number of benzene rings is 1. The first-order valence-electron chi connectivity index (χ1n) is 6.86. The lowest BCUT2D eigenvalue weighted by Crippen LogP contribution is -2.19. The van der Waals surface area contributed by atoms with Crippen molar-refractivity contribution in [3.63, 3.8) is 0 Å². The highest BCUT2D eigenvalue weighted by Crippen LogP contribution is 2.16. The normalized spacial score (nSPS) is 11.6. The quantitative estimate of drug-likeness (QED) is 0.712. The van der Waals surface area contributed by atoms with Crippen LogP contribution in [-0.4, -0.2) is 31.6 Å². The molecule has 0 saturated heterocycles. The summed E-state index contributed by atoms with van der Waals surface area (Å²) in [6.07, 6.45) is 1.25. The summed E-state index contributed by atoms with van der Waals surface area (Å²) in [5, 5.41) is 2.78. The van der Waals surface area contributed by atoms with E-state index in [1.807, 2.05) is 6.92 Å². The molecule has 1 rings (SSSR count). The van der Waals surface area contributed by atoms with Crippen LogP contribution in [0.5, 0.6) is 5.75 Å². The van der Waals surface area contributed by atoms with Gasteiger partial charge in [-0.3, -0.25) is 9.59 Å². The Bertz CT molecular complexity index is 457. The number of anilines is 1. The molecule has 3 N–H and O–H groups in total. The smallest absolute Gasteiger partial charge is 0.308 e. The summed E-state index contributed by atoms with van der Waals surface area (Å²) in [4.78, 5) is 22.6. The highest BCUT2D eigenvalue weighted by molar-refractivity contribution is 5.90. The first-order chi connectivity index (χ1) is 10.0. The third-order valence-corrected chi connectivity index (χ3v) is 2.77. The number of carbonyl (C=O) groups excluding carboxylic acids is 2. The molecule has 0 heterocycles. The van der Waals surface area contributed by atoms with Gasteiger partial charge >= 0.3 is 5.97 Å². The monoisotopic (exact) mass is 294 g/mol. The zero-order valence-electron chi connectivity index (χ0n) is 12.4. The van der Waals surface area contributed by atoms with Crippen LogP contribution in [0.15, 0.2) is 24.3 Å². The highest BCUT2D eigenvalue weighted by Gasteiger charge is 2.05. The molecule has 116 valence electrons. The van der Waals surface area contributed by atoms with Crippen LogP contribution in [0.3, 0.4) is 0 Å². The van der Waals surface area contributed by atoms with Crippen LogP contribution >= 0.6 is 0 Å². The molecule has 1 unspecified atom stereocenters. The number of hydrogen-bond donors (Lipinski definition) is 2. The van der Waals surface area contributed by atoms with E-state index in [4.69, 9.17) is 10.5 Å². The topological polar surface area (TPSA) is 90.6 Å². The van der Waals surface area contributed by atoms with Crippen molar-refractivity contribution in [3.8, 4) is 5.75 Å². The Morgan fingerprint density at radius 3 is 2.48 bits per heavy atom. The number of carbonyl (C=O) groups is 2. The van der Waals surface area contributed by atoms with Gasteiger partial charge in [-0.05, 0) is 37.6 Å². The lowest BCUT2D eigenvalue weighted by molar-refractivity contribution is -0.141. The zero-order chi connectivity index (χ0) is 15.7. The second kappa shape index (κ2) is 8.97. The van der Waals surface area contributed by atoms with Gasteiger partial charge in [-0.1, -0.05) is 0 Å². The van der Waals surface area contributed by atoms with Gasteiger partial charge in [0.25, 0.3) is 0 Å². The maximum absolute atomic E-state index is 11.6. The molecule has 0 bridgehead atoms. The van der Waals surface area contributed by atoms with E-state index in [-0.39, 0.29) is 30.9 Å². The average Bonchev–Trinajstić information content (AvgIpc) is 2.46. The van der Waals surface area contributed by atoms with E-state index in [0.29, 0.717) is 24.3 Å². The van der Waals surface area contributed by atoms with Crippen LogP contribution in [0.1, 0.15) is 26.2 Å². The van der Waals surface area contributed by atoms with Crippen LogP contribution in [0, 0.1) is 0 Å². The molecule has 0 fully saturated rings. The fourth-order valence-electron chi connectivity index (χ4n) is 1.57. The summed E-state index contributed by atoms with van der Waals surface area (Å²) < 4.78 is 9.90. The Kier molecular flexibility index (Phi) is 7.25. The minimum atomic E-state index is -0.312. The number of amides is 1. The zero-order valence-corrected chi connectivity index (χ0v) is 12.4. The Labute approximate surface area is 124 Å². The highest BCUT2D eigenvalue weighted by atomic mass is 16.5. The number of nitrogens with two attached hydrogens (primary N) is 1. The number of hydrogen-bond acceptors (Lipinski definition) is 5. The standard InChI is InChI=1S/C15H22N2O4/c1-11(16)3-8-14(18)17-12-4-6-13(7-5-12)21-10-9-15(19)20-2/h4-7,11H,3,8-10,16H2,1-2H3,(H,17,18). The summed E-state index contributed by atoms with van der Waals surface area (Å²) in [6.45, 7) is 2.13. The van der Waals surface area contributed by atoms with Gasteiger partial charge in [0.1, 0.15) is 5.75 Å². The number of ether oxygens (including phenoxy) is 2.